The molecule has 0 atom stereocenters. The van der Waals surface area contributed by atoms with Crippen LogP contribution in [-0.4, -0.2) is 14.8 Å². The van der Waals surface area contributed by atoms with Crippen molar-refractivity contribution in [1.29, 1.82) is 0 Å². The highest BCUT2D eigenvalue weighted by Crippen LogP contribution is 2.27. The second-order valence-corrected chi connectivity index (χ2v) is 4.88. The highest BCUT2D eigenvalue weighted by atomic mass is 35.5. The van der Waals surface area contributed by atoms with Crippen LogP contribution in [0.4, 0.5) is 4.39 Å². The monoisotopic (exact) mass is 302 g/mol. The summed E-state index contributed by atoms with van der Waals surface area (Å²) in [5.41, 5.74) is 6.86. The molecule has 2 N–H and O–H groups in total. The first kappa shape index (κ1) is 13.7. The molecule has 0 fully saturated rings. The van der Waals surface area contributed by atoms with Crippen LogP contribution in [0.15, 0.2) is 48.5 Å². The first-order chi connectivity index (χ1) is 10.2. The molecule has 6 heteroatoms. The Hall–Kier alpha value is -2.24. The van der Waals surface area contributed by atoms with Gasteiger partial charge in [0.2, 0.25) is 0 Å². The third-order valence-corrected chi connectivity index (χ3v) is 3.33. The van der Waals surface area contributed by atoms with E-state index in [0.29, 0.717) is 22.2 Å². The number of aromatic nitrogens is 3. The van der Waals surface area contributed by atoms with E-state index in [9.17, 15) is 4.39 Å². The maximum absolute atomic E-state index is 14.1. The first-order valence-electron chi connectivity index (χ1n) is 6.36. The molecule has 106 valence electrons. The number of rotatable bonds is 3. The van der Waals surface area contributed by atoms with Crippen LogP contribution in [0.25, 0.3) is 17.1 Å². The van der Waals surface area contributed by atoms with E-state index in [1.807, 2.05) is 30.3 Å². The second kappa shape index (κ2) is 5.63. The van der Waals surface area contributed by atoms with Gasteiger partial charge in [0.15, 0.2) is 11.6 Å². The molecule has 0 aliphatic carbocycles. The Kier molecular flexibility index (Phi) is 3.68. The molecule has 4 nitrogen and oxygen atoms in total. The quantitative estimate of drug-likeness (QED) is 0.808. The fraction of sp³-hybridized carbons (Fsp3) is 0.0667. The molecule has 0 saturated heterocycles. The Bertz CT molecular complexity index is 771. The van der Waals surface area contributed by atoms with E-state index in [4.69, 9.17) is 17.3 Å². The van der Waals surface area contributed by atoms with Crippen LogP contribution in [-0.2, 0) is 6.54 Å². The van der Waals surface area contributed by atoms with Gasteiger partial charge in [-0.15, -0.1) is 10.2 Å². The molecule has 0 unspecified atom stereocenters. The van der Waals surface area contributed by atoms with Crippen LogP contribution < -0.4 is 5.73 Å². The number of hydrogen-bond donors (Lipinski definition) is 1. The number of nitrogens with zero attached hydrogens (tertiary/aromatic N) is 3. The fourth-order valence-corrected chi connectivity index (χ4v) is 2.30. The molecule has 0 aliphatic rings. The van der Waals surface area contributed by atoms with Crippen LogP contribution >= 0.6 is 11.6 Å². The minimum Gasteiger partial charge on any atom is -0.324 e. The molecule has 1 aromatic heterocycles. The van der Waals surface area contributed by atoms with E-state index in [2.05, 4.69) is 10.2 Å². The van der Waals surface area contributed by atoms with Crippen molar-refractivity contribution in [2.24, 2.45) is 5.73 Å². The fourth-order valence-electron chi connectivity index (χ4n) is 2.14. The van der Waals surface area contributed by atoms with Crippen molar-refractivity contribution in [3.63, 3.8) is 0 Å². The molecule has 3 aromatic rings. The molecule has 0 saturated carbocycles. The largest absolute Gasteiger partial charge is 0.324 e. The minimum absolute atomic E-state index is 0.205. The average Bonchev–Trinajstić information content (AvgIpc) is 2.92. The van der Waals surface area contributed by atoms with Crippen LogP contribution in [0.3, 0.4) is 0 Å². The van der Waals surface area contributed by atoms with Crippen molar-refractivity contribution in [2.75, 3.05) is 0 Å². The van der Waals surface area contributed by atoms with Gasteiger partial charge in [0.1, 0.15) is 5.82 Å². The van der Waals surface area contributed by atoms with Gasteiger partial charge in [0.05, 0.1) is 12.1 Å². The summed E-state index contributed by atoms with van der Waals surface area (Å²) in [6, 6.07) is 13.9. The van der Waals surface area contributed by atoms with Crippen LogP contribution in [0.5, 0.6) is 0 Å². The lowest BCUT2D eigenvalue weighted by molar-refractivity contribution is 0.629. The molecule has 0 amide bonds. The van der Waals surface area contributed by atoms with E-state index in [1.54, 1.807) is 16.7 Å². The van der Waals surface area contributed by atoms with Gasteiger partial charge in [0.25, 0.3) is 0 Å². The Morgan fingerprint density at radius 2 is 1.86 bits per heavy atom. The number of nitrogens with two attached hydrogens (primary N) is 1. The summed E-state index contributed by atoms with van der Waals surface area (Å²) in [6.45, 7) is 0.205. The lowest BCUT2D eigenvalue weighted by Crippen LogP contribution is -2.08. The van der Waals surface area contributed by atoms with Crippen molar-refractivity contribution in [3.8, 4) is 17.1 Å². The number of hydrogen-bond acceptors (Lipinski definition) is 3. The lowest BCUT2D eigenvalue weighted by Gasteiger charge is -2.10. The summed E-state index contributed by atoms with van der Waals surface area (Å²) in [4.78, 5) is 0. The van der Waals surface area contributed by atoms with Crippen molar-refractivity contribution >= 4 is 11.6 Å². The zero-order valence-electron chi connectivity index (χ0n) is 11.0. The van der Waals surface area contributed by atoms with Gasteiger partial charge in [-0.3, -0.25) is 4.57 Å². The molecule has 0 bridgehead atoms. The zero-order chi connectivity index (χ0) is 14.8. The van der Waals surface area contributed by atoms with Crippen molar-refractivity contribution in [2.45, 2.75) is 6.54 Å². The summed E-state index contributed by atoms with van der Waals surface area (Å²) in [7, 11) is 0. The van der Waals surface area contributed by atoms with Crippen LogP contribution in [0, 0.1) is 5.82 Å². The maximum atomic E-state index is 14.1. The van der Waals surface area contributed by atoms with Gasteiger partial charge in [-0.1, -0.05) is 29.8 Å². The van der Waals surface area contributed by atoms with E-state index in [0.717, 1.165) is 5.69 Å². The van der Waals surface area contributed by atoms with E-state index in [-0.39, 0.29) is 6.54 Å². The molecule has 0 spiro atoms. The standard InChI is InChI=1S/C15H12ClFN4/c16-10-6-7-12(13(17)8-10)15-20-19-14(9-18)21(15)11-4-2-1-3-5-11/h1-8H,9,18H2. The molecule has 3 rings (SSSR count). The first-order valence-corrected chi connectivity index (χ1v) is 6.73. The summed E-state index contributed by atoms with van der Waals surface area (Å²) in [5.74, 6) is 0.511. The SMILES string of the molecule is NCc1nnc(-c2ccc(Cl)cc2F)n1-c1ccccc1. The lowest BCUT2D eigenvalue weighted by atomic mass is 10.2. The van der Waals surface area contributed by atoms with Gasteiger partial charge in [0, 0.05) is 10.7 Å². The normalized spacial score (nSPS) is 10.8. The van der Waals surface area contributed by atoms with Gasteiger partial charge >= 0.3 is 0 Å². The van der Waals surface area contributed by atoms with Gasteiger partial charge in [-0.25, -0.2) is 4.39 Å². The topological polar surface area (TPSA) is 56.7 Å². The Labute approximate surface area is 126 Å². The highest BCUT2D eigenvalue weighted by Gasteiger charge is 2.17. The van der Waals surface area contributed by atoms with Crippen molar-refractivity contribution < 1.29 is 4.39 Å². The Morgan fingerprint density at radius 3 is 2.52 bits per heavy atom. The summed E-state index contributed by atoms with van der Waals surface area (Å²) in [6.07, 6.45) is 0. The molecule has 0 radical (unpaired) electrons. The molecular weight excluding hydrogens is 291 g/mol. The predicted octanol–water partition coefficient (Wildman–Crippen LogP) is 3.19. The third-order valence-electron chi connectivity index (χ3n) is 3.10. The minimum atomic E-state index is -0.448. The smallest absolute Gasteiger partial charge is 0.171 e. The number of para-hydroxylation sites is 1. The Balaban J connectivity index is 2.22. The molecule has 21 heavy (non-hydrogen) atoms. The van der Waals surface area contributed by atoms with Gasteiger partial charge in [-0.2, -0.15) is 0 Å². The van der Waals surface area contributed by atoms with Crippen molar-refractivity contribution in [1.82, 2.24) is 14.8 Å². The summed E-state index contributed by atoms with van der Waals surface area (Å²) < 4.78 is 15.9. The van der Waals surface area contributed by atoms with Crippen molar-refractivity contribution in [3.05, 3.63) is 65.2 Å². The summed E-state index contributed by atoms with van der Waals surface area (Å²) in [5, 5.41) is 8.45. The van der Waals surface area contributed by atoms with Crippen LogP contribution in [0.2, 0.25) is 5.02 Å². The molecule has 0 aliphatic heterocycles. The average molecular weight is 303 g/mol. The number of benzene rings is 2. The second-order valence-electron chi connectivity index (χ2n) is 4.44. The highest BCUT2D eigenvalue weighted by molar-refractivity contribution is 6.30. The van der Waals surface area contributed by atoms with Gasteiger partial charge in [-0.05, 0) is 30.3 Å². The molecule has 2 aromatic carbocycles. The van der Waals surface area contributed by atoms with Gasteiger partial charge < -0.3 is 5.73 Å². The Morgan fingerprint density at radius 1 is 1.10 bits per heavy atom. The summed E-state index contributed by atoms with van der Waals surface area (Å²) >= 11 is 5.79. The maximum Gasteiger partial charge on any atom is 0.171 e. The zero-order valence-corrected chi connectivity index (χ0v) is 11.8. The van der Waals surface area contributed by atoms with Crippen LogP contribution in [0.1, 0.15) is 5.82 Å². The third kappa shape index (κ3) is 2.53. The van der Waals surface area contributed by atoms with E-state index >= 15 is 0 Å². The number of halogens is 2. The van der Waals surface area contributed by atoms with E-state index < -0.39 is 5.82 Å². The predicted molar refractivity (Wildman–Crippen MR) is 79.7 cm³/mol. The van der Waals surface area contributed by atoms with E-state index in [1.165, 1.54) is 6.07 Å². The molecule has 1 heterocycles. The molecular formula is C15H12ClFN4.